The van der Waals surface area contributed by atoms with E-state index in [1.807, 2.05) is 24.6 Å². The zero-order valence-corrected chi connectivity index (χ0v) is 15.4. The predicted molar refractivity (Wildman–Crippen MR) is 93.0 cm³/mol. The molecule has 1 fully saturated rings. The standard InChI is InChI=1S/C16H21N5O3S/c1-11-13(4-9-24-11)15-17-18-16(19(15)3)25-10-14(23)21-7-5-20(6-8-21)12(2)22/h4,9H,5-8,10H2,1-3H3. The molecule has 2 aromatic rings. The quantitative estimate of drug-likeness (QED) is 0.758. The van der Waals surface area contributed by atoms with Gasteiger partial charge < -0.3 is 18.8 Å². The molecule has 3 heterocycles. The van der Waals surface area contributed by atoms with E-state index in [9.17, 15) is 9.59 Å². The summed E-state index contributed by atoms with van der Waals surface area (Å²) in [5.41, 5.74) is 0.897. The highest BCUT2D eigenvalue weighted by atomic mass is 32.2. The van der Waals surface area contributed by atoms with Crippen LogP contribution in [0.5, 0.6) is 0 Å². The number of hydrogen-bond acceptors (Lipinski definition) is 6. The maximum Gasteiger partial charge on any atom is 0.233 e. The van der Waals surface area contributed by atoms with Gasteiger partial charge in [0.1, 0.15) is 5.76 Å². The molecule has 2 aromatic heterocycles. The first kappa shape index (κ1) is 17.5. The second-order valence-corrected chi connectivity index (χ2v) is 6.87. The number of aromatic nitrogens is 3. The van der Waals surface area contributed by atoms with Gasteiger partial charge in [-0.15, -0.1) is 10.2 Å². The van der Waals surface area contributed by atoms with Gasteiger partial charge in [-0.25, -0.2) is 0 Å². The lowest BCUT2D eigenvalue weighted by Gasteiger charge is -2.34. The van der Waals surface area contributed by atoms with Gasteiger partial charge in [-0.05, 0) is 13.0 Å². The van der Waals surface area contributed by atoms with Crippen molar-refractivity contribution in [2.24, 2.45) is 7.05 Å². The van der Waals surface area contributed by atoms with Crippen LogP contribution in [0.25, 0.3) is 11.4 Å². The molecular weight excluding hydrogens is 342 g/mol. The van der Waals surface area contributed by atoms with Gasteiger partial charge in [-0.1, -0.05) is 11.8 Å². The first-order valence-corrected chi connectivity index (χ1v) is 9.06. The molecule has 0 bridgehead atoms. The largest absolute Gasteiger partial charge is 0.469 e. The van der Waals surface area contributed by atoms with Crippen molar-refractivity contribution in [1.29, 1.82) is 0 Å². The molecule has 0 atom stereocenters. The smallest absolute Gasteiger partial charge is 0.233 e. The lowest BCUT2D eigenvalue weighted by atomic mass is 10.2. The van der Waals surface area contributed by atoms with E-state index in [-0.39, 0.29) is 11.8 Å². The van der Waals surface area contributed by atoms with E-state index in [1.54, 1.807) is 23.0 Å². The van der Waals surface area contributed by atoms with Crippen molar-refractivity contribution in [3.8, 4) is 11.4 Å². The molecule has 9 heteroatoms. The molecule has 0 saturated carbocycles. The van der Waals surface area contributed by atoms with Gasteiger partial charge in [0, 0.05) is 40.2 Å². The van der Waals surface area contributed by atoms with Crippen LogP contribution in [0.15, 0.2) is 21.9 Å². The molecule has 25 heavy (non-hydrogen) atoms. The van der Waals surface area contributed by atoms with Crippen LogP contribution in [-0.4, -0.2) is 68.3 Å². The summed E-state index contributed by atoms with van der Waals surface area (Å²) < 4.78 is 7.17. The Hall–Kier alpha value is -2.29. The summed E-state index contributed by atoms with van der Waals surface area (Å²) in [6.45, 7) is 5.79. The van der Waals surface area contributed by atoms with Crippen LogP contribution in [0.4, 0.5) is 0 Å². The van der Waals surface area contributed by atoms with E-state index >= 15 is 0 Å². The van der Waals surface area contributed by atoms with E-state index in [2.05, 4.69) is 10.2 Å². The zero-order valence-electron chi connectivity index (χ0n) is 14.6. The molecule has 1 aliphatic heterocycles. The Kier molecular flexibility index (Phi) is 5.12. The van der Waals surface area contributed by atoms with Crippen molar-refractivity contribution >= 4 is 23.6 Å². The van der Waals surface area contributed by atoms with Gasteiger partial charge >= 0.3 is 0 Å². The minimum Gasteiger partial charge on any atom is -0.469 e. The van der Waals surface area contributed by atoms with Crippen molar-refractivity contribution in [3.63, 3.8) is 0 Å². The SMILES string of the molecule is CC(=O)N1CCN(C(=O)CSc2nnc(-c3ccoc3C)n2C)CC1. The summed E-state index contributed by atoms with van der Waals surface area (Å²) in [6, 6.07) is 1.85. The molecule has 1 saturated heterocycles. The number of thioether (sulfide) groups is 1. The number of carbonyl (C=O) groups excluding carboxylic acids is 2. The van der Waals surface area contributed by atoms with E-state index in [4.69, 9.17) is 4.42 Å². The molecule has 2 amide bonds. The Morgan fingerprint density at radius 1 is 1.20 bits per heavy atom. The molecule has 1 aliphatic rings. The van der Waals surface area contributed by atoms with Gasteiger partial charge in [0.05, 0.1) is 17.6 Å². The number of furan rings is 1. The maximum atomic E-state index is 12.4. The van der Waals surface area contributed by atoms with E-state index in [1.165, 1.54) is 11.8 Å². The fourth-order valence-corrected chi connectivity index (χ4v) is 3.59. The average molecular weight is 363 g/mol. The summed E-state index contributed by atoms with van der Waals surface area (Å²) in [6.07, 6.45) is 1.62. The normalized spacial score (nSPS) is 14.8. The summed E-state index contributed by atoms with van der Waals surface area (Å²) in [5, 5.41) is 9.06. The van der Waals surface area contributed by atoms with Crippen molar-refractivity contribution in [2.75, 3.05) is 31.9 Å². The van der Waals surface area contributed by atoms with Gasteiger partial charge in [0.15, 0.2) is 11.0 Å². The Morgan fingerprint density at radius 3 is 2.48 bits per heavy atom. The molecule has 134 valence electrons. The molecule has 8 nitrogen and oxygen atoms in total. The van der Waals surface area contributed by atoms with Crippen molar-refractivity contribution < 1.29 is 14.0 Å². The Labute approximate surface area is 150 Å². The molecule has 0 unspecified atom stereocenters. The van der Waals surface area contributed by atoms with Crippen LogP contribution in [0, 0.1) is 6.92 Å². The van der Waals surface area contributed by atoms with Crippen LogP contribution in [0.2, 0.25) is 0 Å². The van der Waals surface area contributed by atoms with Crippen LogP contribution in [-0.2, 0) is 16.6 Å². The van der Waals surface area contributed by atoms with Gasteiger partial charge in [0.25, 0.3) is 0 Å². The average Bonchev–Trinajstić information content (AvgIpc) is 3.18. The second-order valence-electron chi connectivity index (χ2n) is 5.93. The van der Waals surface area contributed by atoms with Crippen LogP contribution < -0.4 is 0 Å². The van der Waals surface area contributed by atoms with Crippen molar-refractivity contribution in [3.05, 3.63) is 18.1 Å². The zero-order chi connectivity index (χ0) is 18.0. The fraction of sp³-hybridized carbons (Fsp3) is 0.500. The highest BCUT2D eigenvalue weighted by Crippen LogP contribution is 2.25. The lowest BCUT2D eigenvalue weighted by Crippen LogP contribution is -2.50. The highest BCUT2D eigenvalue weighted by Gasteiger charge is 2.23. The predicted octanol–water partition coefficient (Wildman–Crippen LogP) is 1.17. The van der Waals surface area contributed by atoms with Crippen molar-refractivity contribution in [1.82, 2.24) is 24.6 Å². The van der Waals surface area contributed by atoms with Crippen LogP contribution >= 0.6 is 11.8 Å². The fourth-order valence-electron chi connectivity index (χ4n) is 2.78. The lowest BCUT2D eigenvalue weighted by molar-refractivity contribution is -0.136. The molecule has 0 N–H and O–H groups in total. The number of rotatable bonds is 4. The summed E-state index contributed by atoms with van der Waals surface area (Å²) >= 11 is 1.37. The first-order valence-electron chi connectivity index (χ1n) is 8.07. The third kappa shape index (κ3) is 3.71. The number of carbonyl (C=O) groups is 2. The summed E-state index contributed by atoms with van der Waals surface area (Å²) in [5.74, 6) is 1.92. The molecule has 0 aromatic carbocycles. The van der Waals surface area contributed by atoms with Gasteiger partial charge in [-0.3, -0.25) is 9.59 Å². The second kappa shape index (κ2) is 7.30. The molecule has 0 aliphatic carbocycles. The number of nitrogens with zero attached hydrogens (tertiary/aromatic N) is 5. The highest BCUT2D eigenvalue weighted by molar-refractivity contribution is 7.99. The summed E-state index contributed by atoms with van der Waals surface area (Å²) in [4.78, 5) is 27.3. The summed E-state index contributed by atoms with van der Waals surface area (Å²) in [7, 11) is 1.88. The van der Waals surface area contributed by atoms with Crippen molar-refractivity contribution in [2.45, 2.75) is 19.0 Å². The number of amides is 2. The maximum absolute atomic E-state index is 12.4. The Balaban J connectivity index is 1.57. The third-order valence-electron chi connectivity index (χ3n) is 4.34. The molecule has 0 spiro atoms. The van der Waals surface area contributed by atoms with Gasteiger partial charge in [-0.2, -0.15) is 0 Å². The van der Waals surface area contributed by atoms with Gasteiger partial charge in [0.2, 0.25) is 11.8 Å². The minimum absolute atomic E-state index is 0.0530. The topological polar surface area (TPSA) is 84.5 Å². The number of piperazine rings is 1. The molecule has 0 radical (unpaired) electrons. The Morgan fingerprint density at radius 2 is 1.88 bits per heavy atom. The van der Waals surface area contributed by atoms with E-state index in [0.717, 1.165) is 17.1 Å². The van der Waals surface area contributed by atoms with E-state index < -0.39 is 0 Å². The van der Waals surface area contributed by atoms with Crippen LogP contribution in [0.1, 0.15) is 12.7 Å². The number of aryl methyl sites for hydroxylation is 1. The third-order valence-corrected chi connectivity index (χ3v) is 5.34. The van der Waals surface area contributed by atoms with Crippen LogP contribution in [0.3, 0.4) is 0 Å². The first-order chi connectivity index (χ1) is 12.0. The Bertz CT molecular complexity index is 777. The molecule has 3 rings (SSSR count). The molecular formula is C16H21N5O3S. The monoisotopic (exact) mass is 363 g/mol. The minimum atomic E-state index is 0.0530. The number of hydrogen-bond donors (Lipinski definition) is 0. The van der Waals surface area contributed by atoms with E-state index in [0.29, 0.717) is 37.1 Å².